The van der Waals surface area contributed by atoms with Gasteiger partial charge in [-0.1, -0.05) is 44.4 Å². The number of fused-ring (bicyclic) bond motifs is 1. The smallest absolute Gasteiger partial charge is 0.166 e. The third-order valence-electron chi connectivity index (χ3n) is 4.80. The number of hydrogen-bond acceptors (Lipinski definition) is 1. The number of hydrogen-bond donors (Lipinski definition) is 0. The van der Waals surface area contributed by atoms with Crippen molar-refractivity contribution in [2.45, 2.75) is 57.8 Å². The van der Waals surface area contributed by atoms with Crippen LogP contribution in [0.4, 0.5) is 0 Å². The standard InChI is InChI=1S/C17H22O/c1-2-12-11-14-9-6-10-15(16(14)17(12)18)13-7-4-3-5-8-13/h6,9-10,12-13H,2-5,7-8,11H2,1H3. The Morgan fingerprint density at radius 2 is 1.94 bits per heavy atom. The molecular weight excluding hydrogens is 220 g/mol. The molecule has 2 aliphatic rings. The predicted molar refractivity (Wildman–Crippen MR) is 74.1 cm³/mol. The van der Waals surface area contributed by atoms with Crippen molar-refractivity contribution in [3.8, 4) is 0 Å². The Morgan fingerprint density at radius 1 is 1.17 bits per heavy atom. The average molecular weight is 242 g/mol. The minimum atomic E-state index is 0.254. The van der Waals surface area contributed by atoms with Crippen molar-refractivity contribution in [2.24, 2.45) is 5.92 Å². The van der Waals surface area contributed by atoms with Crippen molar-refractivity contribution in [2.75, 3.05) is 0 Å². The van der Waals surface area contributed by atoms with Crippen LogP contribution in [0.5, 0.6) is 0 Å². The number of ketones is 1. The number of Topliss-reactive ketones (excluding diaryl/α,β-unsaturated/α-hetero) is 1. The molecule has 1 nitrogen and oxygen atoms in total. The second kappa shape index (κ2) is 4.87. The third-order valence-corrected chi connectivity index (χ3v) is 4.80. The van der Waals surface area contributed by atoms with Crippen molar-refractivity contribution >= 4 is 5.78 Å². The molecule has 0 heterocycles. The molecule has 1 heteroatoms. The van der Waals surface area contributed by atoms with Crippen LogP contribution >= 0.6 is 0 Å². The Kier molecular flexibility index (Phi) is 3.23. The van der Waals surface area contributed by atoms with Crippen LogP contribution in [0.25, 0.3) is 0 Å². The molecule has 1 fully saturated rings. The monoisotopic (exact) mass is 242 g/mol. The first-order valence-electron chi connectivity index (χ1n) is 7.47. The molecule has 96 valence electrons. The normalized spacial score (nSPS) is 24.3. The molecule has 0 amide bonds. The second-order valence-corrected chi connectivity index (χ2v) is 5.89. The summed E-state index contributed by atoms with van der Waals surface area (Å²) >= 11 is 0. The number of carbonyl (C=O) groups excluding carboxylic acids is 1. The topological polar surface area (TPSA) is 17.1 Å². The minimum Gasteiger partial charge on any atom is -0.294 e. The molecule has 18 heavy (non-hydrogen) atoms. The third kappa shape index (κ3) is 1.90. The summed E-state index contributed by atoms with van der Waals surface area (Å²) in [5, 5.41) is 0. The van der Waals surface area contributed by atoms with Crippen molar-refractivity contribution in [3.63, 3.8) is 0 Å². The van der Waals surface area contributed by atoms with Crippen LogP contribution in [0.3, 0.4) is 0 Å². The fourth-order valence-corrected chi connectivity index (χ4v) is 3.74. The molecule has 1 unspecified atom stereocenters. The fourth-order valence-electron chi connectivity index (χ4n) is 3.74. The molecule has 0 saturated heterocycles. The van der Waals surface area contributed by atoms with Gasteiger partial charge in [0.1, 0.15) is 0 Å². The molecular formula is C17H22O. The van der Waals surface area contributed by atoms with Crippen LogP contribution < -0.4 is 0 Å². The van der Waals surface area contributed by atoms with Gasteiger partial charge in [-0.3, -0.25) is 4.79 Å². The highest BCUT2D eigenvalue weighted by Crippen LogP contribution is 2.39. The molecule has 0 aliphatic heterocycles. The molecule has 0 bridgehead atoms. The summed E-state index contributed by atoms with van der Waals surface area (Å²) in [6, 6.07) is 6.54. The van der Waals surface area contributed by atoms with E-state index in [4.69, 9.17) is 0 Å². The highest BCUT2D eigenvalue weighted by Gasteiger charge is 2.33. The highest BCUT2D eigenvalue weighted by molar-refractivity contribution is 6.03. The van der Waals surface area contributed by atoms with E-state index >= 15 is 0 Å². The summed E-state index contributed by atoms with van der Waals surface area (Å²) in [5.74, 6) is 1.33. The minimum absolute atomic E-state index is 0.254. The zero-order valence-electron chi connectivity index (χ0n) is 11.2. The summed E-state index contributed by atoms with van der Waals surface area (Å²) in [6.07, 6.45) is 8.56. The molecule has 0 radical (unpaired) electrons. The highest BCUT2D eigenvalue weighted by atomic mass is 16.1. The number of carbonyl (C=O) groups is 1. The summed E-state index contributed by atoms with van der Waals surface area (Å²) < 4.78 is 0. The molecule has 1 aromatic rings. The number of benzene rings is 1. The van der Waals surface area contributed by atoms with Gasteiger partial charge >= 0.3 is 0 Å². The molecule has 0 aromatic heterocycles. The van der Waals surface area contributed by atoms with Crippen LogP contribution in [-0.2, 0) is 6.42 Å². The SMILES string of the molecule is CCC1Cc2cccc(C3CCCCC3)c2C1=O. The fraction of sp³-hybridized carbons (Fsp3) is 0.588. The van der Waals surface area contributed by atoms with Crippen molar-refractivity contribution < 1.29 is 4.79 Å². The lowest BCUT2D eigenvalue weighted by molar-refractivity contribution is 0.0932. The molecule has 0 N–H and O–H groups in total. The first-order valence-corrected chi connectivity index (χ1v) is 7.47. The zero-order chi connectivity index (χ0) is 12.5. The maximum absolute atomic E-state index is 12.5. The van der Waals surface area contributed by atoms with Crippen LogP contribution in [-0.4, -0.2) is 5.78 Å². The average Bonchev–Trinajstić information content (AvgIpc) is 2.76. The Balaban J connectivity index is 1.98. The largest absolute Gasteiger partial charge is 0.294 e. The van der Waals surface area contributed by atoms with Gasteiger partial charge < -0.3 is 0 Å². The van der Waals surface area contributed by atoms with E-state index in [9.17, 15) is 4.79 Å². The van der Waals surface area contributed by atoms with Gasteiger partial charge in [-0.25, -0.2) is 0 Å². The Morgan fingerprint density at radius 3 is 2.67 bits per heavy atom. The molecule has 3 rings (SSSR count). The van der Waals surface area contributed by atoms with Crippen molar-refractivity contribution in [3.05, 3.63) is 34.9 Å². The van der Waals surface area contributed by atoms with Crippen molar-refractivity contribution in [1.82, 2.24) is 0 Å². The maximum atomic E-state index is 12.5. The maximum Gasteiger partial charge on any atom is 0.166 e. The van der Waals surface area contributed by atoms with E-state index in [0.29, 0.717) is 11.7 Å². The second-order valence-electron chi connectivity index (χ2n) is 5.89. The summed E-state index contributed by atoms with van der Waals surface area (Å²) in [7, 11) is 0. The van der Waals surface area contributed by atoms with Crippen LogP contribution in [0.2, 0.25) is 0 Å². The van der Waals surface area contributed by atoms with E-state index in [2.05, 4.69) is 25.1 Å². The first kappa shape index (κ1) is 12.0. The van der Waals surface area contributed by atoms with E-state index in [1.807, 2.05) is 0 Å². The van der Waals surface area contributed by atoms with E-state index < -0.39 is 0 Å². The van der Waals surface area contributed by atoms with Gasteiger partial charge in [0.05, 0.1) is 0 Å². The van der Waals surface area contributed by atoms with E-state index in [-0.39, 0.29) is 5.92 Å². The lowest BCUT2D eigenvalue weighted by Gasteiger charge is -2.24. The molecule has 1 aromatic carbocycles. The van der Waals surface area contributed by atoms with Gasteiger partial charge in [0, 0.05) is 11.5 Å². The molecule has 1 saturated carbocycles. The lowest BCUT2D eigenvalue weighted by Crippen LogP contribution is -2.12. The van der Waals surface area contributed by atoms with E-state index in [1.54, 1.807) is 0 Å². The Hall–Kier alpha value is -1.11. The van der Waals surface area contributed by atoms with Gasteiger partial charge in [-0.15, -0.1) is 0 Å². The summed E-state index contributed by atoms with van der Waals surface area (Å²) in [6.45, 7) is 2.13. The van der Waals surface area contributed by atoms with Gasteiger partial charge in [0.15, 0.2) is 5.78 Å². The molecule has 1 atom stereocenters. The summed E-state index contributed by atoms with van der Waals surface area (Å²) in [5.41, 5.74) is 3.79. The van der Waals surface area contributed by atoms with Gasteiger partial charge in [0.2, 0.25) is 0 Å². The van der Waals surface area contributed by atoms with E-state index in [1.165, 1.54) is 43.2 Å². The van der Waals surface area contributed by atoms with E-state index in [0.717, 1.165) is 18.4 Å². The molecule has 0 spiro atoms. The first-order chi connectivity index (χ1) is 8.81. The zero-order valence-corrected chi connectivity index (χ0v) is 11.2. The van der Waals surface area contributed by atoms with Crippen molar-refractivity contribution in [1.29, 1.82) is 0 Å². The summed E-state index contributed by atoms with van der Waals surface area (Å²) in [4.78, 5) is 12.5. The van der Waals surface area contributed by atoms with Crippen LogP contribution in [0, 0.1) is 5.92 Å². The van der Waals surface area contributed by atoms with Crippen LogP contribution in [0.1, 0.15) is 72.9 Å². The van der Waals surface area contributed by atoms with Gasteiger partial charge in [-0.05, 0) is 42.7 Å². The number of rotatable bonds is 2. The molecule has 2 aliphatic carbocycles. The Bertz CT molecular complexity index is 455. The Labute approximate surface area is 110 Å². The lowest BCUT2D eigenvalue weighted by atomic mass is 9.81. The van der Waals surface area contributed by atoms with Gasteiger partial charge in [0.25, 0.3) is 0 Å². The quantitative estimate of drug-likeness (QED) is 0.746. The van der Waals surface area contributed by atoms with Gasteiger partial charge in [-0.2, -0.15) is 0 Å². The predicted octanol–water partition coefficient (Wildman–Crippen LogP) is 4.50. The van der Waals surface area contributed by atoms with Crippen LogP contribution in [0.15, 0.2) is 18.2 Å².